The van der Waals surface area contributed by atoms with Crippen LogP contribution >= 0.6 is 11.3 Å². The molecule has 0 N–H and O–H groups in total. The number of fused-ring (bicyclic) bond motifs is 2. The summed E-state index contributed by atoms with van der Waals surface area (Å²) in [7, 11) is 2.90. The fourth-order valence-electron chi connectivity index (χ4n) is 4.46. The molecule has 0 spiro atoms. The van der Waals surface area contributed by atoms with E-state index in [4.69, 9.17) is 0 Å². The van der Waals surface area contributed by atoms with Gasteiger partial charge in [0.25, 0.3) is 5.91 Å². The molecule has 32 heavy (non-hydrogen) atoms. The highest BCUT2D eigenvalue weighted by Crippen LogP contribution is 2.41. The van der Waals surface area contributed by atoms with Crippen molar-refractivity contribution in [1.82, 2.24) is 29.4 Å². The summed E-state index contributed by atoms with van der Waals surface area (Å²) in [5, 5.41) is 8.36. The van der Waals surface area contributed by atoms with Crippen LogP contribution in [0.3, 0.4) is 0 Å². The summed E-state index contributed by atoms with van der Waals surface area (Å²) in [5.74, 6) is -0.136. The van der Waals surface area contributed by atoms with Crippen LogP contribution in [0.1, 0.15) is 40.3 Å². The highest BCUT2D eigenvalue weighted by molar-refractivity contribution is 7.16. The van der Waals surface area contributed by atoms with E-state index < -0.39 is 11.9 Å². The molecule has 3 aromatic heterocycles. The van der Waals surface area contributed by atoms with Crippen molar-refractivity contribution in [1.29, 1.82) is 0 Å². The van der Waals surface area contributed by atoms with Crippen LogP contribution in [-0.2, 0) is 26.7 Å². The third-order valence-corrected chi connectivity index (χ3v) is 6.74. The molecule has 166 valence electrons. The predicted octanol–water partition coefficient (Wildman–Crippen LogP) is 4.21. The van der Waals surface area contributed by atoms with Crippen LogP contribution in [0, 0.1) is 0 Å². The van der Waals surface area contributed by atoms with E-state index >= 15 is 0 Å². The summed E-state index contributed by atoms with van der Waals surface area (Å²) in [5.41, 5.74) is 4.04. The minimum absolute atomic E-state index is 0.00104. The van der Waals surface area contributed by atoms with Gasteiger partial charge in [-0.15, -0.1) is 11.3 Å². The molecule has 4 aromatic rings. The Morgan fingerprint density at radius 3 is 2.75 bits per heavy atom. The van der Waals surface area contributed by atoms with Crippen molar-refractivity contribution < 1.29 is 18.0 Å². The van der Waals surface area contributed by atoms with Crippen molar-refractivity contribution in [3.63, 3.8) is 0 Å². The number of thiazole rings is 1. The van der Waals surface area contributed by atoms with Gasteiger partial charge in [0.05, 0.1) is 44.9 Å². The fourth-order valence-corrected chi connectivity index (χ4v) is 5.18. The lowest BCUT2D eigenvalue weighted by molar-refractivity contribution is -0.143. The summed E-state index contributed by atoms with van der Waals surface area (Å²) in [6, 6.07) is 5.02. The highest BCUT2D eigenvalue weighted by Gasteiger charge is 2.41. The first kappa shape index (κ1) is 20.7. The number of carbonyl (C=O) groups is 1. The molecule has 0 bridgehead atoms. The summed E-state index contributed by atoms with van der Waals surface area (Å²) in [4.78, 5) is 19.2. The van der Waals surface area contributed by atoms with E-state index in [2.05, 4.69) is 15.2 Å². The quantitative estimate of drug-likeness (QED) is 0.450. The second kappa shape index (κ2) is 7.16. The molecule has 1 unspecified atom stereocenters. The molecule has 11 heteroatoms. The SMILES string of the molecule is CC1c2nn(C)c(-c3cnn(C)c3C(F)(F)F)c2CCN1C(=O)c1ccc2ncsc2c1. The molecule has 0 saturated carbocycles. The van der Waals surface area contributed by atoms with Crippen molar-refractivity contribution in [2.75, 3.05) is 6.54 Å². The Bertz CT molecular complexity index is 1350. The number of alkyl halides is 3. The van der Waals surface area contributed by atoms with Crippen molar-refractivity contribution in [3.05, 3.63) is 52.4 Å². The molecule has 1 amide bonds. The first-order valence-electron chi connectivity index (χ1n) is 9.96. The summed E-state index contributed by atoms with van der Waals surface area (Å²) in [6.45, 7) is 2.24. The summed E-state index contributed by atoms with van der Waals surface area (Å²) in [6.07, 6.45) is -2.91. The number of amides is 1. The van der Waals surface area contributed by atoms with Gasteiger partial charge in [0, 0.05) is 31.8 Å². The van der Waals surface area contributed by atoms with Gasteiger partial charge in [-0.25, -0.2) is 4.98 Å². The number of benzene rings is 1. The predicted molar refractivity (Wildman–Crippen MR) is 113 cm³/mol. The zero-order valence-corrected chi connectivity index (χ0v) is 18.3. The topological polar surface area (TPSA) is 68.8 Å². The standard InChI is InChI=1S/C21H19F3N6OS/c1-11-17-13(18(28(2)27-17)14-9-26-29(3)19(14)21(22,23)24)6-7-30(11)20(31)12-4-5-15-16(8-12)32-10-25-15/h4-5,8-11H,6-7H2,1-3H3. The maximum absolute atomic E-state index is 13.7. The molecule has 0 fully saturated rings. The van der Waals surface area contributed by atoms with Crippen molar-refractivity contribution in [3.8, 4) is 11.3 Å². The number of halogens is 3. The Labute approximate surface area is 185 Å². The number of rotatable bonds is 2. The Balaban J connectivity index is 1.53. The van der Waals surface area contributed by atoms with E-state index in [0.29, 0.717) is 29.9 Å². The van der Waals surface area contributed by atoms with Gasteiger partial charge < -0.3 is 4.90 Å². The molecular formula is C21H19F3N6OS. The van der Waals surface area contributed by atoms with Crippen LogP contribution in [-0.4, -0.2) is 41.9 Å². The molecule has 1 atom stereocenters. The van der Waals surface area contributed by atoms with Crippen molar-refractivity contribution in [2.24, 2.45) is 14.1 Å². The smallest absolute Gasteiger partial charge is 0.330 e. The Morgan fingerprint density at radius 2 is 2.00 bits per heavy atom. The van der Waals surface area contributed by atoms with Crippen LogP contribution in [0.5, 0.6) is 0 Å². The lowest BCUT2D eigenvalue weighted by Gasteiger charge is -2.33. The number of nitrogens with zero attached hydrogens (tertiary/aromatic N) is 6. The number of hydrogen-bond acceptors (Lipinski definition) is 5. The molecule has 4 heterocycles. The minimum atomic E-state index is -4.55. The normalized spacial score (nSPS) is 16.6. The molecule has 5 rings (SSSR count). The van der Waals surface area contributed by atoms with Gasteiger partial charge in [-0.05, 0) is 31.5 Å². The number of carbonyl (C=O) groups excluding carboxylic acids is 1. The maximum Gasteiger partial charge on any atom is 0.433 e. The molecule has 0 radical (unpaired) electrons. The molecule has 1 aromatic carbocycles. The Morgan fingerprint density at radius 1 is 1.22 bits per heavy atom. The molecule has 0 aliphatic carbocycles. The van der Waals surface area contributed by atoms with E-state index in [9.17, 15) is 18.0 Å². The van der Waals surface area contributed by atoms with Gasteiger partial charge >= 0.3 is 6.18 Å². The van der Waals surface area contributed by atoms with Gasteiger partial charge in [-0.2, -0.15) is 23.4 Å². The van der Waals surface area contributed by atoms with E-state index in [1.165, 1.54) is 29.3 Å². The lowest BCUT2D eigenvalue weighted by atomic mass is 9.95. The van der Waals surface area contributed by atoms with E-state index in [-0.39, 0.29) is 17.5 Å². The molecule has 0 saturated heterocycles. The Hall–Kier alpha value is -3.21. The first-order valence-corrected chi connectivity index (χ1v) is 10.8. The monoisotopic (exact) mass is 460 g/mol. The number of aromatic nitrogens is 5. The molecule has 7 nitrogen and oxygen atoms in total. The average Bonchev–Trinajstić information content (AvgIpc) is 3.43. The third kappa shape index (κ3) is 3.10. The van der Waals surface area contributed by atoms with Crippen molar-refractivity contribution in [2.45, 2.75) is 25.6 Å². The maximum atomic E-state index is 13.7. The fraction of sp³-hybridized carbons (Fsp3) is 0.333. The highest BCUT2D eigenvalue weighted by atomic mass is 32.1. The van der Waals surface area contributed by atoms with Crippen LogP contribution in [0.25, 0.3) is 21.5 Å². The Kier molecular flexibility index (Phi) is 4.63. The van der Waals surface area contributed by atoms with Gasteiger partial charge in [-0.3, -0.25) is 14.2 Å². The van der Waals surface area contributed by atoms with Crippen LogP contribution < -0.4 is 0 Å². The van der Waals surface area contributed by atoms with Crippen LogP contribution in [0.15, 0.2) is 29.9 Å². The van der Waals surface area contributed by atoms with Crippen LogP contribution in [0.4, 0.5) is 13.2 Å². The van der Waals surface area contributed by atoms with E-state index in [1.807, 2.05) is 19.1 Å². The molecular weight excluding hydrogens is 441 g/mol. The van der Waals surface area contributed by atoms with Crippen molar-refractivity contribution >= 4 is 27.5 Å². The van der Waals surface area contributed by atoms with Gasteiger partial charge in [0.15, 0.2) is 5.69 Å². The van der Waals surface area contributed by atoms with Gasteiger partial charge in [0.2, 0.25) is 0 Å². The summed E-state index contributed by atoms with van der Waals surface area (Å²) < 4.78 is 44.2. The lowest BCUT2D eigenvalue weighted by Crippen LogP contribution is -2.38. The molecule has 1 aliphatic heterocycles. The minimum Gasteiger partial charge on any atom is -0.330 e. The van der Waals surface area contributed by atoms with E-state index in [0.717, 1.165) is 20.5 Å². The second-order valence-electron chi connectivity index (χ2n) is 7.82. The van der Waals surface area contributed by atoms with Gasteiger partial charge in [-0.1, -0.05) is 0 Å². The number of hydrogen-bond donors (Lipinski definition) is 0. The zero-order chi connectivity index (χ0) is 22.8. The number of aryl methyl sites for hydroxylation is 2. The second-order valence-corrected chi connectivity index (χ2v) is 8.71. The van der Waals surface area contributed by atoms with Gasteiger partial charge in [0.1, 0.15) is 0 Å². The molecule has 1 aliphatic rings. The zero-order valence-electron chi connectivity index (χ0n) is 17.5. The largest absolute Gasteiger partial charge is 0.433 e. The first-order chi connectivity index (χ1) is 15.2. The van der Waals surface area contributed by atoms with E-state index in [1.54, 1.807) is 23.5 Å². The summed E-state index contributed by atoms with van der Waals surface area (Å²) >= 11 is 1.47. The average molecular weight is 460 g/mol. The third-order valence-electron chi connectivity index (χ3n) is 5.94. The van der Waals surface area contributed by atoms with Crippen LogP contribution in [0.2, 0.25) is 0 Å².